The Kier molecular flexibility index (Phi) is 5.88. The van der Waals surface area contributed by atoms with Gasteiger partial charge in [0.05, 0.1) is 11.8 Å². The van der Waals surface area contributed by atoms with Crippen LogP contribution in [0.5, 0.6) is 0 Å². The average molecular weight is 312 g/mol. The molecule has 1 rings (SSSR count). The van der Waals surface area contributed by atoms with Crippen molar-refractivity contribution < 1.29 is 22.0 Å². The number of nitrogens with one attached hydrogen (secondary N) is 2. The summed E-state index contributed by atoms with van der Waals surface area (Å²) in [6.07, 6.45) is 0.237. The lowest BCUT2D eigenvalue weighted by molar-refractivity contribution is -0.122. The molecule has 0 saturated heterocycles. The van der Waals surface area contributed by atoms with E-state index < -0.39 is 40.2 Å². The van der Waals surface area contributed by atoms with Crippen LogP contribution in [-0.2, 0) is 14.8 Å². The number of alkyl halides is 2. The Labute approximate surface area is 118 Å². The average Bonchev–Trinajstić information content (AvgIpc) is 2.26. The molecule has 5 nitrogen and oxygen atoms in total. The summed E-state index contributed by atoms with van der Waals surface area (Å²) in [4.78, 5) is 11.5. The van der Waals surface area contributed by atoms with Crippen molar-refractivity contribution in [1.29, 1.82) is 0 Å². The van der Waals surface area contributed by atoms with E-state index in [-0.39, 0.29) is 12.2 Å². The number of sulfonamides is 1. The van der Waals surface area contributed by atoms with E-state index >= 15 is 0 Å². The van der Waals surface area contributed by atoms with Crippen LogP contribution in [0.25, 0.3) is 0 Å². The van der Waals surface area contributed by atoms with Crippen molar-refractivity contribution in [2.24, 2.45) is 5.92 Å². The summed E-state index contributed by atoms with van der Waals surface area (Å²) in [5, 5.41) is 2.50. The Morgan fingerprint density at radius 2 is 2.10 bits per heavy atom. The van der Waals surface area contributed by atoms with Crippen LogP contribution >= 0.6 is 0 Å². The van der Waals surface area contributed by atoms with Gasteiger partial charge in [-0.15, -0.1) is 0 Å². The largest absolute Gasteiger partial charge is 0.355 e. The van der Waals surface area contributed by atoms with Crippen molar-refractivity contribution in [2.45, 2.75) is 51.5 Å². The molecule has 1 aliphatic carbocycles. The molecule has 0 bridgehead atoms. The van der Waals surface area contributed by atoms with Crippen molar-refractivity contribution >= 4 is 15.9 Å². The number of rotatable bonds is 6. The van der Waals surface area contributed by atoms with Gasteiger partial charge in [0.1, 0.15) is 0 Å². The zero-order valence-electron chi connectivity index (χ0n) is 11.8. The maximum Gasteiger partial charge on any atom is 0.248 e. The van der Waals surface area contributed by atoms with Gasteiger partial charge in [-0.1, -0.05) is 0 Å². The molecule has 0 aliphatic heterocycles. The topological polar surface area (TPSA) is 75.3 Å². The normalized spacial score (nSPS) is 24.1. The molecule has 1 aliphatic rings. The van der Waals surface area contributed by atoms with E-state index in [0.29, 0.717) is 19.4 Å². The van der Waals surface area contributed by atoms with Gasteiger partial charge in [-0.25, -0.2) is 21.9 Å². The lowest BCUT2D eigenvalue weighted by Crippen LogP contribution is -2.46. The van der Waals surface area contributed by atoms with E-state index in [1.165, 1.54) is 6.92 Å². The lowest BCUT2D eigenvalue weighted by atomic mass is 9.88. The molecule has 1 fully saturated rings. The minimum atomic E-state index is -3.74. The molecule has 2 unspecified atom stereocenters. The van der Waals surface area contributed by atoms with E-state index in [1.54, 1.807) is 6.92 Å². The van der Waals surface area contributed by atoms with Crippen LogP contribution < -0.4 is 10.0 Å². The molecule has 0 aromatic rings. The molecular formula is C12H22F2N2O3S. The minimum absolute atomic E-state index is 0.174. The summed E-state index contributed by atoms with van der Waals surface area (Å²) in [5.41, 5.74) is 0. The standard InChI is InChI=1S/C12H22F2N2O3S/c1-3-15-11(17)9(2)16-20(18,19)8-10-5-4-6-12(13,14)7-10/h9-10,16H,3-8H2,1-2H3,(H,15,17). The van der Waals surface area contributed by atoms with Crippen LogP contribution in [-0.4, -0.2) is 38.6 Å². The van der Waals surface area contributed by atoms with Crippen molar-refractivity contribution in [3.8, 4) is 0 Å². The van der Waals surface area contributed by atoms with E-state index in [0.717, 1.165) is 0 Å². The third-order valence-electron chi connectivity index (χ3n) is 3.30. The van der Waals surface area contributed by atoms with E-state index in [9.17, 15) is 22.0 Å². The molecule has 0 aromatic heterocycles. The molecular weight excluding hydrogens is 290 g/mol. The van der Waals surface area contributed by atoms with Gasteiger partial charge in [0.2, 0.25) is 21.9 Å². The molecule has 1 amide bonds. The van der Waals surface area contributed by atoms with Gasteiger partial charge in [0.25, 0.3) is 0 Å². The molecule has 118 valence electrons. The fraction of sp³-hybridized carbons (Fsp3) is 0.917. The maximum absolute atomic E-state index is 13.2. The molecule has 0 heterocycles. The first-order valence-electron chi connectivity index (χ1n) is 6.81. The fourth-order valence-corrected chi connectivity index (χ4v) is 4.07. The lowest BCUT2D eigenvalue weighted by Gasteiger charge is -2.28. The highest BCUT2D eigenvalue weighted by Gasteiger charge is 2.38. The van der Waals surface area contributed by atoms with Crippen LogP contribution in [0.15, 0.2) is 0 Å². The van der Waals surface area contributed by atoms with Crippen LogP contribution in [0.2, 0.25) is 0 Å². The van der Waals surface area contributed by atoms with Gasteiger partial charge in [0.15, 0.2) is 0 Å². The van der Waals surface area contributed by atoms with Gasteiger partial charge in [0, 0.05) is 19.4 Å². The number of hydrogen-bond donors (Lipinski definition) is 2. The molecule has 8 heteroatoms. The molecule has 0 aromatic carbocycles. The highest BCUT2D eigenvalue weighted by atomic mass is 32.2. The fourth-order valence-electron chi connectivity index (χ4n) is 2.43. The zero-order chi connectivity index (χ0) is 15.4. The van der Waals surface area contributed by atoms with Crippen molar-refractivity contribution in [2.75, 3.05) is 12.3 Å². The molecule has 2 atom stereocenters. The highest BCUT2D eigenvalue weighted by molar-refractivity contribution is 7.89. The Balaban J connectivity index is 2.55. The van der Waals surface area contributed by atoms with Crippen molar-refractivity contribution in [1.82, 2.24) is 10.0 Å². The van der Waals surface area contributed by atoms with Crippen LogP contribution in [0.3, 0.4) is 0 Å². The SMILES string of the molecule is CCNC(=O)C(C)NS(=O)(=O)CC1CCCC(F)(F)C1. The second-order valence-electron chi connectivity index (χ2n) is 5.33. The number of carbonyl (C=O) groups is 1. The van der Waals surface area contributed by atoms with Crippen LogP contribution in [0, 0.1) is 5.92 Å². The first-order chi connectivity index (χ1) is 9.15. The predicted octanol–water partition coefficient (Wildman–Crippen LogP) is 1.26. The number of carbonyl (C=O) groups excluding carboxylic acids is 1. The van der Waals surface area contributed by atoms with Gasteiger partial charge >= 0.3 is 0 Å². The monoisotopic (exact) mass is 312 g/mol. The van der Waals surface area contributed by atoms with Gasteiger partial charge in [-0.05, 0) is 32.6 Å². The maximum atomic E-state index is 13.2. The molecule has 20 heavy (non-hydrogen) atoms. The smallest absolute Gasteiger partial charge is 0.248 e. The first-order valence-corrected chi connectivity index (χ1v) is 8.46. The quantitative estimate of drug-likeness (QED) is 0.775. The predicted molar refractivity (Wildman–Crippen MR) is 72.0 cm³/mol. The molecule has 2 N–H and O–H groups in total. The summed E-state index contributed by atoms with van der Waals surface area (Å²) < 4.78 is 52.5. The number of halogens is 2. The first kappa shape index (κ1) is 17.3. The Bertz CT molecular complexity index is 440. The summed E-state index contributed by atoms with van der Waals surface area (Å²) >= 11 is 0. The molecule has 0 spiro atoms. The second kappa shape index (κ2) is 6.80. The molecule has 1 saturated carbocycles. The zero-order valence-corrected chi connectivity index (χ0v) is 12.6. The van der Waals surface area contributed by atoms with Gasteiger partial charge < -0.3 is 5.32 Å². The third-order valence-corrected chi connectivity index (χ3v) is 4.92. The van der Waals surface area contributed by atoms with Crippen LogP contribution in [0.1, 0.15) is 39.5 Å². The number of amides is 1. The van der Waals surface area contributed by atoms with Crippen molar-refractivity contribution in [3.05, 3.63) is 0 Å². The Morgan fingerprint density at radius 1 is 1.45 bits per heavy atom. The van der Waals surface area contributed by atoms with E-state index in [4.69, 9.17) is 0 Å². The molecule has 0 radical (unpaired) electrons. The van der Waals surface area contributed by atoms with Crippen molar-refractivity contribution in [3.63, 3.8) is 0 Å². The number of likely N-dealkylation sites (N-methyl/N-ethyl adjacent to an activating group) is 1. The van der Waals surface area contributed by atoms with E-state index in [2.05, 4.69) is 10.0 Å². The van der Waals surface area contributed by atoms with Gasteiger partial charge in [-0.3, -0.25) is 4.79 Å². The second-order valence-corrected chi connectivity index (χ2v) is 7.13. The van der Waals surface area contributed by atoms with Crippen LogP contribution in [0.4, 0.5) is 8.78 Å². The Morgan fingerprint density at radius 3 is 2.65 bits per heavy atom. The third kappa shape index (κ3) is 5.70. The highest BCUT2D eigenvalue weighted by Crippen LogP contribution is 2.37. The summed E-state index contributed by atoms with van der Waals surface area (Å²) in [6, 6.07) is -0.899. The van der Waals surface area contributed by atoms with Gasteiger partial charge in [-0.2, -0.15) is 0 Å². The van der Waals surface area contributed by atoms with E-state index in [1.807, 2.05) is 0 Å². The number of hydrogen-bond acceptors (Lipinski definition) is 3. The summed E-state index contributed by atoms with van der Waals surface area (Å²) in [6.45, 7) is 3.56. The summed E-state index contributed by atoms with van der Waals surface area (Å²) in [7, 11) is -3.74. The minimum Gasteiger partial charge on any atom is -0.355 e. The summed E-state index contributed by atoms with van der Waals surface area (Å²) in [5.74, 6) is -4.11. The Hall–Kier alpha value is -0.760.